The summed E-state index contributed by atoms with van der Waals surface area (Å²) >= 11 is 0. The molecule has 1 atom stereocenters. The molecule has 27 heavy (non-hydrogen) atoms. The van der Waals surface area contributed by atoms with Gasteiger partial charge in [-0.25, -0.2) is 18.1 Å². The molecule has 5 nitrogen and oxygen atoms in total. The highest BCUT2D eigenvalue weighted by Gasteiger charge is 2.24. The van der Waals surface area contributed by atoms with Crippen molar-refractivity contribution < 1.29 is 8.42 Å². The Bertz CT molecular complexity index is 1090. The van der Waals surface area contributed by atoms with Gasteiger partial charge in [-0.3, -0.25) is 0 Å². The summed E-state index contributed by atoms with van der Waals surface area (Å²) < 4.78 is 28.8. The van der Waals surface area contributed by atoms with Crippen LogP contribution in [0.2, 0.25) is 0 Å². The predicted octanol–water partition coefficient (Wildman–Crippen LogP) is 3.27. The minimum atomic E-state index is -3.50. The minimum Gasteiger partial charge on any atom is -0.340 e. The first-order chi connectivity index (χ1) is 13.0. The van der Waals surface area contributed by atoms with Crippen molar-refractivity contribution in [2.45, 2.75) is 30.1 Å². The summed E-state index contributed by atoms with van der Waals surface area (Å²) in [5.74, 6) is 0.454. The molecule has 6 heteroatoms. The summed E-state index contributed by atoms with van der Waals surface area (Å²) in [5, 5.41) is 0. The van der Waals surface area contributed by atoms with Gasteiger partial charge in [0.05, 0.1) is 16.9 Å². The maximum Gasteiger partial charge on any atom is 0.240 e. The predicted molar refractivity (Wildman–Crippen MR) is 106 cm³/mol. The Labute approximate surface area is 160 Å². The first-order valence-electron chi connectivity index (χ1n) is 9.10. The lowest BCUT2D eigenvalue weighted by Crippen LogP contribution is -2.18. The van der Waals surface area contributed by atoms with E-state index in [1.807, 2.05) is 23.9 Å². The molecule has 1 aliphatic carbocycles. The van der Waals surface area contributed by atoms with Gasteiger partial charge in [-0.1, -0.05) is 30.3 Å². The Hall–Kier alpha value is -2.44. The number of rotatable bonds is 5. The molecule has 4 rings (SSSR count). The average molecular weight is 382 g/mol. The smallest absolute Gasteiger partial charge is 0.240 e. The number of hydrogen-bond acceptors (Lipinski definition) is 3. The van der Waals surface area contributed by atoms with E-state index in [9.17, 15) is 8.42 Å². The molecule has 1 aliphatic rings. The highest BCUT2D eigenvalue weighted by molar-refractivity contribution is 7.89. The lowest BCUT2D eigenvalue weighted by Gasteiger charge is -2.16. The van der Waals surface area contributed by atoms with Gasteiger partial charge in [0.15, 0.2) is 0 Å². The van der Waals surface area contributed by atoms with Gasteiger partial charge in [-0.2, -0.15) is 0 Å². The molecule has 1 heterocycles. The summed E-state index contributed by atoms with van der Waals surface area (Å²) in [6.07, 6.45) is 6.77. The SMILES string of the molecule is CNS(=O)(=O)c1ccc(CC2CCc3ccccc32)c(-c2cn(C)cn2)c1. The molecule has 3 aromatic rings. The number of nitrogens with zero attached hydrogens (tertiary/aromatic N) is 2. The second-order valence-electron chi connectivity index (χ2n) is 7.09. The van der Waals surface area contributed by atoms with Gasteiger partial charge in [0.25, 0.3) is 0 Å². The maximum absolute atomic E-state index is 12.3. The van der Waals surface area contributed by atoms with E-state index in [0.717, 1.165) is 36.1 Å². The molecule has 0 spiro atoms. The fraction of sp³-hybridized carbons (Fsp3) is 0.286. The van der Waals surface area contributed by atoms with Gasteiger partial charge in [-0.15, -0.1) is 0 Å². The molecule has 2 aromatic carbocycles. The van der Waals surface area contributed by atoms with Crippen LogP contribution in [0.25, 0.3) is 11.3 Å². The molecule has 0 saturated heterocycles. The molecule has 0 bridgehead atoms. The largest absolute Gasteiger partial charge is 0.340 e. The number of sulfonamides is 1. The molecule has 1 aromatic heterocycles. The zero-order valence-corrected chi connectivity index (χ0v) is 16.3. The van der Waals surface area contributed by atoms with Crippen molar-refractivity contribution >= 4 is 10.0 Å². The van der Waals surface area contributed by atoms with E-state index in [2.05, 4.69) is 34.0 Å². The standard InChI is InChI=1S/C21H23N3O2S/c1-22-27(25,26)18-10-9-17(20(12-18)21-13-24(2)14-23-21)11-16-8-7-15-5-3-4-6-19(15)16/h3-6,9-10,12-14,16,22H,7-8,11H2,1-2H3. The Morgan fingerprint density at radius 2 is 2.04 bits per heavy atom. The number of hydrogen-bond donors (Lipinski definition) is 1. The summed E-state index contributed by atoms with van der Waals surface area (Å²) in [4.78, 5) is 4.73. The van der Waals surface area contributed by atoms with Crippen LogP contribution in [0.1, 0.15) is 29.0 Å². The van der Waals surface area contributed by atoms with Crippen molar-refractivity contribution in [1.82, 2.24) is 14.3 Å². The van der Waals surface area contributed by atoms with E-state index < -0.39 is 10.0 Å². The summed E-state index contributed by atoms with van der Waals surface area (Å²) in [5.41, 5.74) is 5.65. The van der Waals surface area contributed by atoms with E-state index in [-0.39, 0.29) is 4.90 Å². The lowest BCUT2D eigenvalue weighted by atomic mass is 9.90. The van der Waals surface area contributed by atoms with Crippen LogP contribution in [0.3, 0.4) is 0 Å². The topological polar surface area (TPSA) is 64.0 Å². The summed E-state index contributed by atoms with van der Waals surface area (Å²) in [7, 11) is -0.155. The highest BCUT2D eigenvalue weighted by atomic mass is 32.2. The van der Waals surface area contributed by atoms with Crippen LogP contribution >= 0.6 is 0 Å². The molecule has 0 amide bonds. The molecule has 0 saturated carbocycles. The van der Waals surface area contributed by atoms with Crippen molar-refractivity contribution in [3.63, 3.8) is 0 Å². The number of aryl methyl sites for hydroxylation is 2. The van der Waals surface area contributed by atoms with E-state index in [1.165, 1.54) is 18.2 Å². The summed E-state index contributed by atoms with van der Waals surface area (Å²) in [6.45, 7) is 0. The van der Waals surface area contributed by atoms with Gasteiger partial charge in [0, 0.05) is 18.8 Å². The first-order valence-corrected chi connectivity index (χ1v) is 10.6. The number of aromatic nitrogens is 2. The maximum atomic E-state index is 12.3. The van der Waals surface area contributed by atoms with Gasteiger partial charge < -0.3 is 4.57 Å². The van der Waals surface area contributed by atoms with Gasteiger partial charge in [0.2, 0.25) is 10.0 Å². The second-order valence-corrected chi connectivity index (χ2v) is 8.98. The Morgan fingerprint density at radius 3 is 2.78 bits per heavy atom. The van der Waals surface area contributed by atoms with Crippen molar-refractivity contribution in [1.29, 1.82) is 0 Å². The van der Waals surface area contributed by atoms with Gasteiger partial charge in [0.1, 0.15) is 0 Å². The zero-order valence-electron chi connectivity index (χ0n) is 15.5. The van der Waals surface area contributed by atoms with Crippen molar-refractivity contribution in [3.8, 4) is 11.3 Å². The number of fused-ring (bicyclic) bond motifs is 1. The Balaban J connectivity index is 1.76. The fourth-order valence-corrected chi connectivity index (χ4v) is 4.69. The zero-order chi connectivity index (χ0) is 19.0. The van der Waals surface area contributed by atoms with Crippen molar-refractivity contribution in [2.75, 3.05) is 7.05 Å². The third-order valence-electron chi connectivity index (χ3n) is 5.36. The molecule has 140 valence electrons. The number of imidazole rings is 1. The second kappa shape index (κ2) is 6.94. The van der Waals surface area contributed by atoms with E-state index >= 15 is 0 Å². The first kappa shape index (κ1) is 17.9. The monoisotopic (exact) mass is 381 g/mol. The third kappa shape index (κ3) is 3.42. The quantitative estimate of drug-likeness (QED) is 0.738. The van der Waals surface area contributed by atoms with E-state index in [1.54, 1.807) is 18.5 Å². The van der Waals surface area contributed by atoms with Crippen molar-refractivity contribution in [3.05, 3.63) is 71.7 Å². The molecular weight excluding hydrogens is 358 g/mol. The molecule has 0 fully saturated rings. The number of nitrogens with one attached hydrogen (secondary N) is 1. The van der Waals surface area contributed by atoms with Gasteiger partial charge >= 0.3 is 0 Å². The van der Waals surface area contributed by atoms with Crippen LogP contribution in [-0.2, 0) is 29.9 Å². The van der Waals surface area contributed by atoms with Crippen LogP contribution in [0.4, 0.5) is 0 Å². The van der Waals surface area contributed by atoms with Gasteiger partial charge in [-0.05, 0) is 61.1 Å². The number of benzene rings is 2. The van der Waals surface area contributed by atoms with E-state index in [0.29, 0.717) is 5.92 Å². The minimum absolute atomic E-state index is 0.265. The normalized spacial score (nSPS) is 16.4. The third-order valence-corrected chi connectivity index (χ3v) is 6.78. The molecular formula is C21H23N3O2S. The van der Waals surface area contributed by atoms with Crippen LogP contribution in [-0.4, -0.2) is 25.0 Å². The molecule has 1 unspecified atom stereocenters. The molecule has 1 N–H and O–H groups in total. The molecule has 0 aliphatic heterocycles. The summed E-state index contributed by atoms with van der Waals surface area (Å²) in [6, 6.07) is 14.0. The van der Waals surface area contributed by atoms with Crippen LogP contribution in [0.15, 0.2) is 59.9 Å². The molecule has 0 radical (unpaired) electrons. The Morgan fingerprint density at radius 1 is 1.22 bits per heavy atom. The van der Waals surface area contributed by atoms with Crippen molar-refractivity contribution in [2.24, 2.45) is 7.05 Å². The highest BCUT2D eigenvalue weighted by Crippen LogP contribution is 2.37. The van der Waals surface area contributed by atoms with Crippen LogP contribution in [0.5, 0.6) is 0 Å². The van der Waals surface area contributed by atoms with Crippen LogP contribution in [0, 0.1) is 0 Å². The van der Waals surface area contributed by atoms with Crippen LogP contribution < -0.4 is 4.72 Å². The Kier molecular flexibility index (Phi) is 4.61. The van der Waals surface area contributed by atoms with E-state index in [4.69, 9.17) is 0 Å². The average Bonchev–Trinajstić information content (AvgIpc) is 3.28. The fourth-order valence-electron chi connectivity index (χ4n) is 3.93. The lowest BCUT2D eigenvalue weighted by molar-refractivity contribution is 0.588.